The Morgan fingerprint density at radius 1 is 0.500 bits per heavy atom. The predicted octanol–water partition coefficient (Wildman–Crippen LogP) is 0.732. The first-order valence-electron chi connectivity index (χ1n) is 14.2. The van der Waals surface area contributed by atoms with Crippen molar-refractivity contribution in [3.8, 4) is 0 Å². The number of hydrogen-bond donors (Lipinski definition) is 0. The topological polar surface area (TPSA) is 55.0 Å². The third kappa shape index (κ3) is 6.14. The fourth-order valence-corrected chi connectivity index (χ4v) is 13.4. The lowest BCUT2D eigenvalue weighted by Gasteiger charge is -2.57. The van der Waals surface area contributed by atoms with Gasteiger partial charge >= 0.3 is 0 Å². The minimum absolute atomic E-state index is 0.103. The Bertz CT molecular complexity index is 696. The molecule has 6 aliphatic rings. The molecule has 0 N–H and O–H groups in total. The van der Waals surface area contributed by atoms with E-state index in [9.17, 15) is 4.21 Å². The van der Waals surface area contributed by atoms with Crippen LogP contribution in [0.3, 0.4) is 0 Å². The van der Waals surface area contributed by atoms with Crippen molar-refractivity contribution in [3.63, 3.8) is 0 Å². The Hall–Kier alpha value is 1.23. The van der Waals surface area contributed by atoms with E-state index < -0.39 is 11.2 Å². The van der Waals surface area contributed by atoms with E-state index in [-0.39, 0.29) is 9.99 Å². The molecule has 2 atom stereocenters. The molecule has 38 heavy (non-hydrogen) atoms. The molecule has 6 aliphatic heterocycles. The molecule has 9 nitrogen and oxygen atoms in total. The zero-order chi connectivity index (χ0) is 25.8. The maximum Gasteiger partial charge on any atom is 0.173 e. The monoisotopic (exact) mass is 624 g/mol. The van der Waals surface area contributed by atoms with Crippen LogP contribution in [0.5, 0.6) is 0 Å². The van der Waals surface area contributed by atoms with Gasteiger partial charge in [-0.05, 0) is 0 Å². The van der Waals surface area contributed by atoms with Gasteiger partial charge in [0.15, 0.2) is 11.2 Å². The molecule has 0 aromatic carbocycles. The molecule has 0 amide bonds. The van der Waals surface area contributed by atoms with E-state index in [4.69, 9.17) is 9.47 Å². The third-order valence-corrected chi connectivity index (χ3v) is 15.0. The first kappa shape index (κ1) is 29.3. The largest absolute Gasteiger partial charge is 0.379 e. The SMILES string of the molecule is O=S(N1CCSC(N2CCOCC2)(N2CCSCC2)C1)N1CCSC(N2CCOCC2)(N2CCSCC2)C1. The van der Waals surface area contributed by atoms with Gasteiger partial charge in [0.1, 0.15) is 9.99 Å². The number of hydrogen-bond acceptors (Lipinski definition) is 11. The van der Waals surface area contributed by atoms with Crippen LogP contribution >= 0.6 is 47.0 Å². The van der Waals surface area contributed by atoms with Gasteiger partial charge in [-0.25, -0.2) is 12.8 Å². The lowest BCUT2D eigenvalue weighted by molar-refractivity contribution is -0.0593. The van der Waals surface area contributed by atoms with Gasteiger partial charge in [0, 0.05) is 100.0 Å². The Labute approximate surface area is 248 Å². The van der Waals surface area contributed by atoms with E-state index in [0.29, 0.717) is 0 Å². The van der Waals surface area contributed by atoms with Crippen LogP contribution in [0.1, 0.15) is 0 Å². The van der Waals surface area contributed by atoms with Crippen molar-refractivity contribution in [1.29, 1.82) is 0 Å². The molecule has 2 unspecified atom stereocenters. The minimum Gasteiger partial charge on any atom is -0.379 e. The summed E-state index contributed by atoms with van der Waals surface area (Å²) in [6, 6.07) is 0. The van der Waals surface area contributed by atoms with Crippen LogP contribution in [0.4, 0.5) is 0 Å². The first-order chi connectivity index (χ1) is 18.7. The zero-order valence-corrected chi connectivity index (χ0v) is 26.6. The molecule has 0 aliphatic carbocycles. The Kier molecular flexibility index (Phi) is 10.6. The summed E-state index contributed by atoms with van der Waals surface area (Å²) in [6.07, 6.45) is 0. The van der Waals surface area contributed by atoms with Crippen LogP contribution in [0, 0.1) is 0 Å². The second kappa shape index (κ2) is 13.7. The van der Waals surface area contributed by atoms with Crippen LogP contribution in [-0.4, -0.2) is 182 Å². The summed E-state index contributed by atoms with van der Waals surface area (Å²) in [7, 11) is 0. The first-order valence-corrected chi connectivity index (χ1v) is 19.6. The van der Waals surface area contributed by atoms with Crippen molar-refractivity contribution in [2.45, 2.75) is 9.99 Å². The molecule has 0 aromatic heterocycles. The molecule has 218 valence electrons. The second-order valence-corrected chi connectivity index (χ2v) is 17.2. The smallest absolute Gasteiger partial charge is 0.173 e. The average molecular weight is 625 g/mol. The number of thioether (sulfide) groups is 4. The van der Waals surface area contributed by atoms with Crippen LogP contribution in [0.15, 0.2) is 0 Å². The van der Waals surface area contributed by atoms with Crippen LogP contribution in [-0.2, 0) is 20.6 Å². The third-order valence-electron chi connectivity index (χ3n) is 8.58. The highest BCUT2D eigenvalue weighted by atomic mass is 32.2. The quantitative estimate of drug-likeness (QED) is 0.421. The highest BCUT2D eigenvalue weighted by molar-refractivity contribution is 8.01. The van der Waals surface area contributed by atoms with E-state index in [1.165, 1.54) is 23.0 Å². The molecule has 6 fully saturated rings. The van der Waals surface area contributed by atoms with Gasteiger partial charge < -0.3 is 9.47 Å². The second-order valence-electron chi connectivity index (χ2n) is 10.5. The minimum atomic E-state index is -1.14. The van der Waals surface area contributed by atoms with E-state index in [2.05, 4.69) is 75.3 Å². The summed E-state index contributed by atoms with van der Waals surface area (Å²) in [4.78, 5) is 10.5. The lowest BCUT2D eigenvalue weighted by Crippen LogP contribution is -2.71. The number of ether oxygens (including phenoxy) is 2. The van der Waals surface area contributed by atoms with Crippen LogP contribution in [0.25, 0.3) is 0 Å². The average Bonchev–Trinajstić information content (AvgIpc) is 3.02. The van der Waals surface area contributed by atoms with Crippen LogP contribution in [0.2, 0.25) is 0 Å². The predicted molar refractivity (Wildman–Crippen MR) is 164 cm³/mol. The Morgan fingerprint density at radius 3 is 1.26 bits per heavy atom. The fraction of sp³-hybridized carbons (Fsp3) is 1.00. The normalized spacial score (nSPS) is 37.8. The van der Waals surface area contributed by atoms with Crippen molar-refractivity contribution >= 4 is 58.2 Å². The summed E-state index contributed by atoms with van der Waals surface area (Å²) < 4.78 is 30.6. The lowest BCUT2D eigenvalue weighted by atomic mass is 10.2. The fourth-order valence-electron chi connectivity index (χ4n) is 6.58. The molecule has 6 saturated heterocycles. The van der Waals surface area contributed by atoms with Gasteiger partial charge in [-0.2, -0.15) is 23.5 Å². The number of nitrogens with zero attached hydrogens (tertiary/aromatic N) is 6. The molecule has 0 aromatic rings. The summed E-state index contributed by atoms with van der Waals surface area (Å²) >= 11 is 7.17. The van der Waals surface area contributed by atoms with E-state index >= 15 is 0 Å². The van der Waals surface area contributed by atoms with Crippen molar-refractivity contribution < 1.29 is 13.7 Å². The van der Waals surface area contributed by atoms with Crippen molar-refractivity contribution in [3.05, 3.63) is 0 Å². The molecule has 0 bridgehead atoms. The Morgan fingerprint density at radius 2 is 0.868 bits per heavy atom. The molecule has 0 spiro atoms. The van der Waals surface area contributed by atoms with Gasteiger partial charge in [-0.3, -0.25) is 19.6 Å². The molecule has 6 heterocycles. The van der Waals surface area contributed by atoms with Crippen molar-refractivity contribution in [2.75, 3.05) is 139 Å². The molecule has 14 heteroatoms. The van der Waals surface area contributed by atoms with Crippen LogP contribution < -0.4 is 0 Å². The molecule has 6 rings (SSSR count). The number of morpholine rings is 2. The summed E-state index contributed by atoms with van der Waals surface area (Å²) in [5, 5.41) is 0. The summed E-state index contributed by atoms with van der Waals surface area (Å²) in [5.74, 6) is 6.80. The van der Waals surface area contributed by atoms with Gasteiger partial charge in [-0.1, -0.05) is 0 Å². The maximum atomic E-state index is 14.5. The van der Waals surface area contributed by atoms with E-state index in [1.54, 1.807) is 0 Å². The van der Waals surface area contributed by atoms with Gasteiger partial charge in [0.05, 0.1) is 39.5 Å². The van der Waals surface area contributed by atoms with Crippen molar-refractivity contribution in [2.24, 2.45) is 0 Å². The standard InChI is InChI=1S/C24H44N6O3S5/c31-38(29-9-19-36-23(21-29,25-1-11-32-12-2-25)27-5-15-34-16-6-27)30-10-20-37-24(22-30,26-3-13-33-14-4-26)28-7-17-35-18-8-28/h1-22H2. The van der Waals surface area contributed by atoms with E-state index in [1.807, 2.05) is 0 Å². The zero-order valence-electron chi connectivity index (χ0n) is 22.5. The molecule has 0 saturated carbocycles. The van der Waals surface area contributed by atoms with E-state index in [0.717, 1.165) is 116 Å². The highest BCUT2D eigenvalue weighted by Crippen LogP contribution is 2.42. The molecular weight excluding hydrogens is 581 g/mol. The number of rotatable bonds is 6. The van der Waals surface area contributed by atoms with Gasteiger partial charge in [0.25, 0.3) is 0 Å². The van der Waals surface area contributed by atoms with Gasteiger partial charge in [-0.15, -0.1) is 23.5 Å². The summed E-state index contributed by atoms with van der Waals surface area (Å²) in [6.45, 7) is 15.0. The molecule has 0 radical (unpaired) electrons. The Balaban J connectivity index is 1.22. The highest BCUT2D eigenvalue weighted by Gasteiger charge is 2.51. The van der Waals surface area contributed by atoms with Gasteiger partial charge in [0.2, 0.25) is 0 Å². The summed E-state index contributed by atoms with van der Waals surface area (Å²) in [5.41, 5.74) is 0. The van der Waals surface area contributed by atoms with Crippen molar-refractivity contribution in [1.82, 2.24) is 28.2 Å². The molecular formula is C24H44N6O3S5. The maximum absolute atomic E-state index is 14.5.